The maximum atomic E-state index is 13.5. The molecule has 3 aromatic rings. The van der Waals surface area contributed by atoms with Crippen LogP contribution in [0.5, 0.6) is 0 Å². The van der Waals surface area contributed by atoms with E-state index in [2.05, 4.69) is 21.6 Å². The van der Waals surface area contributed by atoms with Crippen LogP contribution in [0.1, 0.15) is 32.1 Å². The van der Waals surface area contributed by atoms with Crippen LogP contribution in [0.4, 0.5) is 4.39 Å². The first-order valence-electron chi connectivity index (χ1n) is 10.5. The monoisotopic (exact) mass is 436 g/mol. The van der Waals surface area contributed by atoms with Crippen LogP contribution in [0.15, 0.2) is 71.4 Å². The average Bonchev–Trinajstić information content (AvgIpc) is 3.23. The fourth-order valence-electron chi connectivity index (χ4n) is 3.64. The van der Waals surface area contributed by atoms with Crippen molar-refractivity contribution >= 4 is 17.7 Å². The largest absolute Gasteiger partial charge is 0.355 e. The van der Waals surface area contributed by atoms with E-state index in [4.69, 9.17) is 0 Å². The molecule has 5 nitrogen and oxygen atoms in total. The highest BCUT2D eigenvalue weighted by atomic mass is 32.2. The molecule has 0 radical (unpaired) electrons. The van der Waals surface area contributed by atoms with Gasteiger partial charge >= 0.3 is 0 Å². The second-order valence-corrected chi connectivity index (χ2v) is 8.42. The minimum atomic E-state index is -0.306. The van der Waals surface area contributed by atoms with E-state index in [1.54, 1.807) is 12.1 Å². The average molecular weight is 437 g/mol. The van der Waals surface area contributed by atoms with Crippen LogP contribution < -0.4 is 5.32 Å². The van der Waals surface area contributed by atoms with Gasteiger partial charge in [0.1, 0.15) is 5.82 Å². The first-order valence-corrected chi connectivity index (χ1v) is 11.5. The van der Waals surface area contributed by atoms with Crippen LogP contribution >= 0.6 is 11.8 Å². The lowest BCUT2D eigenvalue weighted by Gasteiger charge is -2.13. The van der Waals surface area contributed by atoms with Crippen LogP contribution in [0.3, 0.4) is 0 Å². The molecule has 1 amide bonds. The van der Waals surface area contributed by atoms with E-state index in [1.165, 1.54) is 42.3 Å². The molecule has 1 aromatic heterocycles. The Bertz CT molecular complexity index is 1050. The number of benzene rings is 2. The zero-order chi connectivity index (χ0) is 21.5. The van der Waals surface area contributed by atoms with E-state index >= 15 is 0 Å². The first-order chi connectivity index (χ1) is 15.2. The lowest BCUT2D eigenvalue weighted by atomic mass is 9.97. The van der Waals surface area contributed by atoms with Crippen molar-refractivity contribution in [2.45, 2.75) is 37.3 Å². The Morgan fingerprint density at radius 3 is 2.61 bits per heavy atom. The molecule has 31 heavy (non-hydrogen) atoms. The lowest BCUT2D eigenvalue weighted by Crippen LogP contribution is -2.26. The zero-order valence-corrected chi connectivity index (χ0v) is 18.1. The van der Waals surface area contributed by atoms with Crippen LogP contribution in [-0.4, -0.2) is 33.0 Å². The number of carbonyl (C=O) groups excluding carboxylic acids is 1. The molecule has 0 fully saturated rings. The van der Waals surface area contributed by atoms with Crippen molar-refractivity contribution in [3.05, 3.63) is 72.1 Å². The minimum absolute atomic E-state index is 0.0312. The van der Waals surface area contributed by atoms with Gasteiger partial charge in [-0.15, -0.1) is 10.2 Å². The van der Waals surface area contributed by atoms with Crippen LogP contribution in [-0.2, 0) is 4.79 Å². The number of nitrogens with one attached hydrogen (secondary N) is 1. The van der Waals surface area contributed by atoms with Crippen LogP contribution in [0, 0.1) is 5.82 Å². The third-order valence-corrected chi connectivity index (χ3v) is 6.16. The van der Waals surface area contributed by atoms with Crippen molar-refractivity contribution < 1.29 is 9.18 Å². The summed E-state index contributed by atoms with van der Waals surface area (Å²) >= 11 is 1.32. The molecule has 4 rings (SSSR count). The van der Waals surface area contributed by atoms with Gasteiger partial charge in [-0.1, -0.05) is 53.7 Å². The molecule has 1 heterocycles. The molecule has 0 spiro atoms. The highest BCUT2D eigenvalue weighted by molar-refractivity contribution is 7.99. The van der Waals surface area contributed by atoms with Gasteiger partial charge < -0.3 is 5.32 Å². The van der Waals surface area contributed by atoms with Gasteiger partial charge in [-0.3, -0.25) is 9.36 Å². The molecule has 0 aliphatic heterocycles. The van der Waals surface area contributed by atoms with Gasteiger partial charge in [0.2, 0.25) is 5.91 Å². The number of allylic oxidation sites excluding steroid dienone is 1. The summed E-state index contributed by atoms with van der Waals surface area (Å²) in [7, 11) is 0. The van der Waals surface area contributed by atoms with Gasteiger partial charge in [0, 0.05) is 17.8 Å². The molecule has 1 N–H and O–H groups in total. The van der Waals surface area contributed by atoms with E-state index in [0.29, 0.717) is 17.5 Å². The number of halogens is 1. The third kappa shape index (κ3) is 5.61. The number of aromatic nitrogens is 3. The van der Waals surface area contributed by atoms with Gasteiger partial charge in [-0.2, -0.15) is 0 Å². The summed E-state index contributed by atoms with van der Waals surface area (Å²) in [6.07, 6.45) is 8.04. The van der Waals surface area contributed by atoms with Crippen molar-refractivity contribution in [2.75, 3.05) is 12.3 Å². The molecule has 1 aliphatic rings. The van der Waals surface area contributed by atoms with Gasteiger partial charge in [-0.05, 0) is 56.4 Å². The minimum Gasteiger partial charge on any atom is -0.355 e. The van der Waals surface area contributed by atoms with Crippen molar-refractivity contribution in [3.8, 4) is 17.1 Å². The first kappa shape index (κ1) is 21.3. The maximum absolute atomic E-state index is 13.5. The molecule has 0 saturated carbocycles. The fourth-order valence-corrected chi connectivity index (χ4v) is 4.42. The lowest BCUT2D eigenvalue weighted by molar-refractivity contribution is -0.118. The Kier molecular flexibility index (Phi) is 7.14. The van der Waals surface area contributed by atoms with E-state index < -0.39 is 0 Å². The predicted octanol–water partition coefficient (Wildman–Crippen LogP) is 5.17. The molecule has 0 saturated heterocycles. The van der Waals surface area contributed by atoms with Crippen molar-refractivity contribution in [1.82, 2.24) is 20.1 Å². The van der Waals surface area contributed by atoms with E-state index in [1.807, 2.05) is 34.9 Å². The van der Waals surface area contributed by atoms with Crippen LogP contribution in [0.2, 0.25) is 0 Å². The molecule has 0 unspecified atom stereocenters. The number of thioether (sulfide) groups is 1. The summed E-state index contributed by atoms with van der Waals surface area (Å²) in [5.74, 6) is 0.558. The van der Waals surface area contributed by atoms with Crippen molar-refractivity contribution in [2.24, 2.45) is 0 Å². The summed E-state index contributed by atoms with van der Waals surface area (Å²) in [4.78, 5) is 12.4. The molecular weight excluding hydrogens is 411 g/mol. The standard InChI is InChI=1S/C24H25FN4OS/c25-20-11-13-21(14-12-20)29-23(19-9-5-2-6-10-19)27-28-24(29)31-17-22(30)26-16-15-18-7-3-1-4-8-18/h2,5-7,9-14H,1,3-4,8,15-17H2,(H,26,30). The maximum Gasteiger partial charge on any atom is 0.230 e. The zero-order valence-electron chi connectivity index (χ0n) is 17.3. The number of rotatable bonds is 8. The summed E-state index contributed by atoms with van der Waals surface area (Å²) < 4.78 is 15.3. The molecule has 0 bridgehead atoms. The molecule has 2 aromatic carbocycles. The summed E-state index contributed by atoms with van der Waals surface area (Å²) in [5, 5.41) is 12.2. The molecule has 1 aliphatic carbocycles. The van der Waals surface area contributed by atoms with Gasteiger partial charge in [-0.25, -0.2) is 4.39 Å². The summed E-state index contributed by atoms with van der Waals surface area (Å²) in [5.41, 5.74) is 3.09. The molecule has 0 atom stereocenters. The van der Waals surface area contributed by atoms with Gasteiger partial charge in [0.25, 0.3) is 0 Å². The summed E-state index contributed by atoms with van der Waals surface area (Å²) in [6, 6.07) is 15.9. The van der Waals surface area contributed by atoms with E-state index in [9.17, 15) is 9.18 Å². The summed E-state index contributed by atoms with van der Waals surface area (Å²) in [6.45, 7) is 0.658. The fraction of sp³-hybridized carbons (Fsp3) is 0.292. The number of amides is 1. The number of carbonyl (C=O) groups is 1. The third-order valence-electron chi connectivity index (χ3n) is 5.24. The van der Waals surface area contributed by atoms with Crippen LogP contribution in [0.25, 0.3) is 17.1 Å². The Morgan fingerprint density at radius 1 is 1.06 bits per heavy atom. The number of hydrogen-bond acceptors (Lipinski definition) is 4. The van der Waals surface area contributed by atoms with E-state index in [0.717, 1.165) is 30.5 Å². The molecule has 160 valence electrons. The quantitative estimate of drug-likeness (QED) is 0.391. The Hall–Kier alpha value is -2.93. The SMILES string of the molecule is O=C(CSc1nnc(-c2ccccc2)n1-c1ccc(F)cc1)NCCC1=CCCCC1. The number of nitrogens with zero attached hydrogens (tertiary/aromatic N) is 3. The highest BCUT2D eigenvalue weighted by Crippen LogP contribution is 2.28. The van der Waals surface area contributed by atoms with Crippen molar-refractivity contribution in [1.29, 1.82) is 0 Å². The Labute approximate surface area is 185 Å². The smallest absolute Gasteiger partial charge is 0.230 e. The molecular formula is C24H25FN4OS. The Morgan fingerprint density at radius 2 is 1.87 bits per heavy atom. The van der Waals surface area contributed by atoms with Gasteiger partial charge in [0.05, 0.1) is 5.75 Å². The van der Waals surface area contributed by atoms with Crippen molar-refractivity contribution in [3.63, 3.8) is 0 Å². The highest BCUT2D eigenvalue weighted by Gasteiger charge is 2.17. The normalized spacial score (nSPS) is 13.6. The second kappa shape index (κ2) is 10.4. The topological polar surface area (TPSA) is 59.8 Å². The Balaban J connectivity index is 1.45. The number of hydrogen-bond donors (Lipinski definition) is 1. The van der Waals surface area contributed by atoms with Gasteiger partial charge in [0.15, 0.2) is 11.0 Å². The molecule has 7 heteroatoms. The second-order valence-electron chi connectivity index (χ2n) is 7.48. The predicted molar refractivity (Wildman–Crippen MR) is 122 cm³/mol. The van der Waals surface area contributed by atoms with E-state index in [-0.39, 0.29) is 17.5 Å².